The average molecular weight is 954 g/mol. The molecule has 0 aliphatic heterocycles. The molecule has 0 saturated carbocycles. The zero-order valence-corrected chi connectivity index (χ0v) is 41.4. The van der Waals surface area contributed by atoms with Gasteiger partial charge in [-0.3, -0.25) is 0 Å². The Kier molecular flexibility index (Phi) is 10.7. The largest absolute Gasteiger partial charge is 0.309 e. The van der Waals surface area contributed by atoms with Crippen molar-refractivity contribution in [3.8, 4) is 55.6 Å². The maximum absolute atomic E-state index is 2.53. The molecule has 0 aromatic heterocycles. The molecule has 1 heteroatoms. The fraction of sp³-hybridized carbons (Fsp3) is 0.0270. The second-order valence-corrected chi connectivity index (χ2v) is 19.8. The summed E-state index contributed by atoms with van der Waals surface area (Å²) < 4.78 is 0. The molecule has 12 aromatic carbocycles. The number of fused-ring (bicyclic) bond motifs is 6. The Morgan fingerprint density at radius 2 is 0.613 bits per heavy atom. The summed E-state index contributed by atoms with van der Waals surface area (Å²) in [6.07, 6.45) is 0. The van der Waals surface area contributed by atoms with Crippen LogP contribution < -0.4 is 4.90 Å². The van der Waals surface area contributed by atoms with E-state index in [1.54, 1.807) is 0 Å². The summed E-state index contributed by atoms with van der Waals surface area (Å²) in [4.78, 5) is 2.53. The van der Waals surface area contributed by atoms with E-state index in [4.69, 9.17) is 0 Å². The second-order valence-electron chi connectivity index (χ2n) is 19.8. The number of anilines is 3. The second kappa shape index (κ2) is 18.2. The SMILES string of the molecule is c1ccc(-c2ccccc2-c2ccccc2N(c2ccc(-c3ccc4c(c3)C(c3ccccc3)(c3ccccc3)c3ccccc3-4)cc2)c2cccc3c2-c2ccccc2C3(c2ccccc2)c2ccccc2)cc1. The van der Waals surface area contributed by atoms with Gasteiger partial charge in [-0.15, -0.1) is 0 Å². The van der Waals surface area contributed by atoms with Crippen molar-refractivity contribution < 1.29 is 0 Å². The van der Waals surface area contributed by atoms with Crippen molar-refractivity contribution in [3.05, 3.63) is 354 Å². The van der Waals surface area contributed by atoms with Crippen molar-refractivity contribution in [1.29, 1.82) is 0 Å². The molecule has 0 atom stereocenters. The van der Waals surface area contributed by atoms with Crippen LogP contribution in [-0.4, -0.2) is 0 Å². The lowest BCUT2D eigenvalue weighted by Gasteiger charge is -2.34. The van der Waals surface area contributed by atoms with Crippen LogP contribution in [0, 0.1) is 0 Å². The number of rotatable bonds is 10. The minimum absolute atomic E-state index is 0.486. The average Bonchev–Trinajstić information content (AvgIpc) is 4.09. The first kappa shape index (κ1) is 44.2. The van der Waals surface area contributed by atoms with Crippen molar-refractivity contribution in [3.63, 3.8) is 0 Å². The number of benzene rings is 12. The van der Waals surface area contributed by atoms with Crippen LogP contribution in [0.25, 0.3) is 55.6 Å². The highest BCUT2D eigenvalue weighted by Crippen LogP contribution is 2.61. The molecule has 0 heterocycles. The Morgan fingerprint density at radius 1 is 0.213 bits per heavy atom. The zero-order valence-electron chi connectivity index (χ0n) is 41.4. The Hall–Kier alpha value is -9.56. The highest BCUT2D eigenvalue weighted by molar-refractivity contribution is 6.01. The quantitative estimate of drug-likeness (QED) is 0.132. The van der Waals surface area contributed by atoms with Crippen LogP contribution in [-0.2, 0) is 10.8 Å². The van der Waals surface area contributed by atoms with Gasteiger partial charge < -0.3 is 4.90 Å². The smallest absolute Gasteiger partial charge is 0.0714 e. The Morgan fingerprint density at radius 3 is 1.20 bits per heavy atom. The van der Waals surface area contributed by atoms with Gasteiger partial charge in [0.25, 0.3) is 0 Å². The Labute approximate surface area is 440 Å². The molecule has 0 bridgehead atoms. The maximum atomic E-state index is 2.53. The zero-order chi connectivity index (χ0) is 49.8. The highest BCUT2D eigenvalue weighted by Gasteiger charge is 2.48. The molecule has 0 unspecified atom stereocenters. The normalized spacial score (nSPS) is 13.3. The third-order valence-electron chi connectivity index (χ3n) is 16.1. The lowest BCUT2D eigenvalue weighted by molar-refractivity contribution is 0.768. The third kappa shape index (κ3) is 6.86. The minimum Gasteiger partial charge on any atom is -0.309 e. The topological polar surface area (TPSA) is 3.24 Å². The fourth-order valence-corrected chi connectivity index (χ4v) is 13.0. The summed E-state index contributed by atoms with van der Waals surface area (Å²) in [7, 11) is 0. The summed E-state index contributed by atoms with van der Waals surface area (Å²) in [5.41, 5.74) is 24.5. The monoisotopic (exact) mass is 953 g/mol. The van der Waals surface area contributed by atoms with Crippen LogP contribution in [0.4, 0.5) is 17.1 Å². The summed E-state index contributed by atoms with van der Waals surface area (Å²) >= 11 is 0. The summed E-state index contributed by atoms with van der Waals surface area (Å²) in [5.74, 6) is 0. The van der Waals surface area contributed by atoms with Crippen molar-refractivity contribution in [2.24, 2.45) is 0 Å². The lowest BCUT2D eigenvalue weighted by atomic mass is 9.67. The number of hydrogen-bond donors (Lipinski definition) is 0. The molecule has 0 N–H and O–H groups in total. The van der Waals surface area contributed by atoms with Crippen molar-refractivity contribution in [1.82, 2.24) is 0 Å². The molecule has 2 aliphatic rings. The van der Waals surface area contributed by atoms with E-state index in [0.29, 0.717) is 0 Å². The molecule has 352 valence electrons. The number of nitrogens with zero attached hydrogens (tertiary/aromatic N) is 1. The van der Waals surface area contributed by atoms with E-state index in [1.807, 2.05) is 0 Å². The molecular formula is C74H51N. The molecule has 0 fully saturated rings. The van der Waals surface area contributed by atoms with Crippen LogP contribution in [0.3, 0.4) is 0 Å². The molecule has 0 amide bonds. The predicted molar refractivity (Wildman–Crippen MR) is 312 cm³/mol. The van der Waals surface area contributed by atoms with Gasteiger partial charge in [-0.05, 0) is 119 Å². The molecule has 0 saturated heterocycles. The molecule has 0 spiro atoms. The maximum Gasteiger partial charge on any atom is 0.0714 e. The van der Waals surface area contributed by atoms with Crippen LogP contribution >= 0.6 is 0 Å². The van der Waals surface area contributed by atoms with Gasteiger partial charge in [0.2, 0.25) is 0 Å². The lowest BCUT2D eigenvalue weighted by Crippen LogP contribution is -2.28. The molecule has 14 rings (SSSR count). The van der Waals surface area contributed by atoms with E-state index < -0.39 is 10.8 Å². The van der Waals surface area contributed by atoms with Crippen LogP contribution in [0.2, 0.25) is 0 Å². The van der Waals surface area contributed by atoms with Gasteiger partial charge in [0.1, 0.15) is 0 Å². The molecule has 75 heavy (non-hydrogen) atoms. The van der Waals surface area contributed by atoms with Gasteiger partial charge in [0.15, 0.2) is 0 Å². The van der Waals surface area contributed by atoms with Gasteiger partial charge in [-0.25, -0.2) is 0 Å². The van der Waals surface area contributed by atoms with Gasteiger partial charge in [0, 0.05) is 16.8 Å². The predicted octanol–water partition coefficient (Wildman–Crippen LogP) is 18.9. The molecule has 1 nitrogen and oxygen atoms in total. The van der Waals surface area contributed by atoms with Crippen molar-refractivity contribution in [2.75, 3.05) is 4.90 Å². The summed E-state index contributed by atoms with van der Waals surface area (Å²) in [6, 6.07) is 114. The summed E-state index contributed by atoms with van der Waals surface area (Å²) in [5, 5.41) is 0. The van der Waals surface area contributed by atoms with E-state index >= 15 is 0 Å². The Balaban J connectivity index is 0.990. The molecular weight excluding hydrogens is 903 g/mol. The minimum atomic E-state index is -0.554. The summed E-state index contributed by atoms with van der Waals surface area (Å²) in [6.45, 7) is 0. The highest BCUT2D eigenvalue weighted by atomic mass is 15.1. The molecule has 0 radical (unpaired) electrons. The van der Waals surface area contributed by atoms with Gasteiger partial charge in [-0.2, -0.15) is 0 Å². The first-order valence-electron chi connectivity index (χ1n) is 26.1. The first-order valence-corrected chi connectivity index (χ1v) is 26.1. The van der Waals surface area contributed by atoms with Gasteiger partial charge >= 0.3 is 0 Å². The Bertz CT molecular complexity index is 3950. The fourth-order valence-electron chi connectivity index (χ4n) is 13.0. The van der Waals surface area contributed by atoms with E-state index in [9.17, 15) is 0 Å². The van der Waals surface area contributed by atoms with E-state index in [2.05, 4.69) is 314 Å². The van der Waals surface area contributed by atoms with Crippen molar-refractivity contribution in [2.45, 2.75) is 10.8 Å². The van der Waals surface area contributed by atoms with Crippen LogP contribution in [0.1, 0.15) is 44.5 Å². The number of hydrogen-bond acceptors (Lipinski definition) is 1. The third-order valence-corrected chi connectivity index (χ3v) is 16.1. The van der Waals surface area contributed by atoms with E-state index in [-0.39, 0.29) is 0 Å². The van der Waals surface area contributed by atoms with Gasteiger partial charge in [0.05, 0.1) is 22.2 Å². The van der Waals surface area contributed by atoms with E-state index in [0.717, 1.165) is 28.2 Å². The van der Waals surface area contributed by atoms with Crippen molar-refractivity contribution >= 4 is 17.1 Å². The van der Waals surface area contributed by atoms with Gasteiger partial charge in [-0.1, -0.05) is 279 Å². The van der Waals surface area contributed by atoms with E-state index in [1.165, 1.54) is 89.0 Å². The van der Waals surface area contributed by atoms with Crippen LogP contribution in [0.15, 0.2) is 309 Å². The number of para-hydroxylation sites is 1. The molecule has 12 aromatic rings. The first-order chi connectivity index (χ1) is 37.2. The molecule has 2 aliphatic carbocycles. The standard InChI is InChI=1S/C74H51N/c1-6-25-53(26-7-1)60-35-16-17-36-61(60)64-38-20-23-43-70(64)75(71-44-24-42-68-72(71)65-39-19-22-41-67(65)73(68,55-27-8-2-9-28-55)56-29-10-3-11-30-56)59-48-45-52(46-49-59)54-47-50-63-62-37-18-21-40-66(62)74(69(63)51-54,57-31-12-4-13-32-57)58-33-14-5-15-34-58/h1-51H. The van der Waals surface area contributed by atoms with Crippen LogP contribution in [0.5, 0.6) is 0 Å².